The predicted molar refractivity (Wildman–Crippen MR) is 120 cm³/mol. The summed E-state index contributed by atoms with van der Waals surface area (Å²) >= 11 is 0. The first kappa shape index (κ1) is 19.2. The molecule has 31 heavy (non-hydrogen) atoms. The fraction of sp³-hybridized carbons (Fsp3) is 0.250. The molecular weight excluding hydrogens is 390 g/mol. The first-order valence-corrected chi connectivity index (χ1v) is 10.6. The summed E-state index contributed by atoms with van der Waals surface area (Å²) in [5, 5.41) is 13.0. The van der Waals surface area contributed by atoms with Crippen LogP contribution in [0.1, 0.15) is 41.1 Å². The Morgan fingerprint density at radius 1 is 1.06 bits per heavy atom. The molecule has 5 rings (SSSR count). The first-order chi connectivity index (χ1) is 15.1. The molecule has 0 unspecified atom stereocenters. The number of nitrogens with one attached hydrogen (secondary N) is 2. The Bertz CT molecular complexity index is 1350. The number of carbonyl (C=O) groups is 1. The number of amides is 1. The van der Waals surface area contributed by atoms with E-state index < -0.39 is 0 Å². The molecule has 0 spiro atoms. The van der Waals surface area contributed by atoms with E-state index in [0.29, 0.717) is 11.1 Å². The van der Waals surface area contributed by atoms with Crippen molar-refractivity contribution in [3.63, 3.8) is 0 Å². The van der Waals surface area contributed by atoms with Gasteiger partial charge in [0.15, 0.2) is 5.82 Å². The minimum absolute atomic E-state index is 0.227. The van der Waals surface area contributed by atoms with Gasteiger partial charge in [0, 0.05) is 29.6 Å². The lowest BCUT2D eigenvalue weighted by Gasteiger charge is -2.12. The zero-order valence-electron chi connectivity index (χ0n) is 17.3. The number of benzene rings is 2. The van der Waals surface area contributed by atoms with Gasteiger partial charge < -0.3 is 14.9 Å². The molecule has 2 N–H and O–H groups in total. The van der Waals surface area contributed by atoms with Gasteiger partial charge in [0.1, 0.15) is 11.5 Å². The second kappa shape index (κ2) is 7.83. The van der Waals surface area contributed by atoms with E-state index in [1.165, 1.54) is 6.42 Å². The van der Waals surface area contributed by atoms with E-state index in [9.17, 15) is 9.59 Å². The summed E-state index contributed by atoms with van der Waals surface area (Å²) in [5.41, 5.74) is 2.47. The van der Waals surface area contributed by atoms with Crippen LogP contribution in [-0.4, -0.2) is 25.7 Å². The molecule has 4 aromatic rings. The highest BCUT2D eigenvalue weighted by Crippen LogP contribution is 2.27. The number of hydrogen-bond donors (Lipinski definition) is 2. The van der Waals surface area contributed by atoms with Crippen LogP contribution in [0.2, 0.25) is 0 Å². The van der Waals surface area contributed by atoms with E-state index >= 15 is 0 Å². The molecule has 0 fully saturated rings. The van der Waals surface area contributed by atoms with Crippen molar-refractivity contribution in [2.45, 2.75) is 39.2 Å². The van der Waals surface area contributed by atoms with Gasteiger partial charge in [0.05, 0.1) is 0 Å². The van der Waals surface area contributed by atoms with E-state index in [1.807, 2.05) is 37.3 Å². The number of nitrogens with zero attached hydrogens (tertiary/aromatic N) is 3. The normalized spacial score (nSPS) is 13.6. The maximum absolute atomic E-state index is 12.9. The van der Waals surface area contributed by atoms with Crippen LogP contribution in [-0.2, 0) is 13.0 Å². The van der Waals surface area contributed by atoms with Gasteiger partial charge >= 0.3 is 0 Å². The van der Waals surface area contributed by atoms with E-state index in [2.05, 4.69) is 25.1 Å². The lowest BCUT2D eigenvalue weighted by Crippen LogP contribution is -2.19. The number of pyridine rings is 1. The Kier molecular flexibility index (Phi) is 4.86. The largest absolute Gasteiger partial charge is 0.320 e. The number of hydrogen-bond acceptors (Lipinski definition) is 4. The topological polar surface area (TPSA) is 92.7 Å². The molecule has 3 heterocycles. The zero-order chi connectivity index (χ0) is 21.4. The van der Waals surface area contributed by atoms with Gasteiger partial charge in [-0.1, -0.05) is 36.8 Å². The Morgan fingerprint density at radius 2 is 1.94 bits per heavy atom. The Labute approximate surface area is 179 Å². The highest BCUT2D eigenvalue weighted by Gasteiger charge is 2.17. The highest BCUT2D eigenvalue weighted by molar-refractivity contribution is 6.05. The average molecular weight is 413 g/mol. The number of aromatic amines is 1. The molecule has 0 radical (unpaired) electrons. The second-order valence-electron chi connectivity index (χ2n) is 7.99. The van der Waals surface area contributed by atoms with Gasteiger partial charge in [-0.15, -0.1) is 10.2 Å². The van der Waals surface area contributed by atoms with Crippen molar-refractivity contribution in [3.8, 4) is 11.4 Å². The van der Waals surface area contributed by atoms with Crippen LogP contribution in [0.5, 0.6) is 0 Å². The fourth-order valence-electron chi connectivity index (χ4n) is 4.12. The summed E-state index contributed by atoms with van der Waals surface area (Å²) in [6.07, 6.45) is 4.39. The lowest BCUT2D eigenvalue weighted by atomic mass is 10.1. The van der Waals surface area contributed by atoms with Gasteiger partial charge in [-0.25, -0.2) is 0 Å². The highest BCUT2D eigenvalue weighted by atomic mass is 16.2. The molecule has 0 aliphatic carbocycles. The van der Waals surface area contributed by atoms with Crippen LogP contribution in [0.15, 0.2) is 53.3 Å². The number of H-pyrrole nitrogens is 1. The van der Waals surface area contributed by atoms with Crippen LogP contribution in [0.25, 0.3) is 22.2 Å². The standard InChI is InChI=1S/C24H23N5O2/c1-15-10-11-17(22-28-27-21-9-3-2-6-12-29(21)22)14-19(15)25-24(31)20-13-16-7-4-5-8-18(16)23(30)26-20/h4-5,7-8,10-11,13-14H,2-3,6,9,12H2,1H3,(H,25,31)(H,26,30). The summed E-state index contributed by atoms with van der Waals surface area (Å²) < 4.78 is 2.18. The molecule has 0 bridgehead atoms. The molecule has 1 aliphatic heterocycles. The minimum Gasteiger partial charge on any atom is -0.320 e. The van der Waals surface area contributed by atoms with Crippen molar-refractivity contribution in [1.82, 2.24) is 19.7 Å². The van der Waals surface area contributed by atoms with Crippen molar-refractivity contribution in [2.24, 2.45) is 0 Å². The molecule has 0 saturated carbocycles. The van der Waals surface area contributed by atoms with Crippen LogP contribution in [0.4, 0.5) is 5.69 Å². The molecule has 2 aromatic heterocycles. The van der Waals surface area contributed by atoms with Crippen LogP contribution < -0.4 is 10.9 Å². The van der Waals surface area contributed by atoms with Crippen molar-refractivity contribution in [1.29, 1.82) is 0 Å². The molecule has 0 saturated heterocycles. The number of anilines is 1. The molecule has 0 atom stereocenters. The third-order valence-corrected chi connectivity index (χ3v) is 5.85. The molecule has 1 amide bonds. The van der Waals surface area contributed by atoms with Gasteiger partial charge in [-0.2, -0.15) is 0 Å². The summed E-state index contributed by atoms with van der Waals surface area (Å²) in [5.74, 6) is 1.49. The van der Waals surface area contributed by atoms with Gasteiger partial charge in [0.25, 0.3) is 11.5 Å². The second-order valence-corrected chi connectivity index (χ2v) is 7.99. The quantitative estimate of drug-likeness (QED) is 0.529. The molecule has 1 aliphatic rings. The van der Waals surface area contributed by atoms with Gasteiger partial charge in [-0.05, 0) is 48.9 Å². The number of rotatable bonds is 3. The summed E-state index contributed by atoms with van der Waals surface area (Å²) in [6.45, 7) is 2.85. The predicted octanol–water partition coefficient (Wildman–Crippen LogP) is 4.07. The maximum Gasteiger partial charge on any atom is 0.272 e. The molecule has 7 heteroatoms. The van der Waals surface area contributed by atoms with Crippen molar-refractivity contribution in [3.05, 3.63) is 76.0 Å². The Morgan fingerprint density at radius 3 is 2.84 bits per heavy atom. The minimum atomic E-state index is -0.358. The monoisotopic (exact) mass is 413 g/mol. The molecule has 156 valence electrons. The van der Waals surface area contributed by atoms with Crippen molar-refractivity contribution < 1.29 is 4.79 Å². The molecular formula is C24H23N5O2. The van der Waals surface area contributed by atoms with Crippen LogP contribution in [0.3, 0.4) is 0 Å². The first-order valence-electron chi connectivity index (χ1n) is 10.6. The number of aromatic nitrogens is 4. The number of fused-ring (bicyclic) bond motifs is 2. The fourth-order valence-corrected chi connectivity index (χ4v) is 4.12. The summed E-state index contributed by atoms with van der Waals surface area (Å²) in [4.78, 5) is 28.0. The van der Waals surface area contributed by atoms with E-state index in [-0.39, 0.29) is 17.2 Å². The number of aryl methyl sites for hydroxylation is 2. The lowest BCUT2D eigenvalue weighted by molar-refractivity contribution is 0.102. The third kappa shape index (κ3) is 3.63. The van der Waals surface area contributed by atoms with Gasteiger partial charge in [0.2, 0.25) is 0 Å². The van der Waals surface area contributed by atoms with Crippen LogP contribution in [0, 0.1) is 6.92 Å². The maximum atomic E-state index is 12.9. The van der Waals surface area contributed by atoms with Crippen molar-refractivity contribution >= 4 is 22.4 Å². The zero-order valence-corrected chi connectivity index (χ0v) is 17.3. The SMILES string of the molecule is Cc1ccc(-c2nnc3n2CCCCC3)cc1NC(=O)c1cc2ccccc2c(=O)[nH]1. The van der Waals surface area contributed by atoms with Crippen LogP contribution >= 0.6 is 0 Å². The summed E-state index contributed by atoms with van der Waals surface area (Å²) in [7, 11) is 0. The smallest absolute Gasteiger partial charge is 0.272 e. The van der Waals surface area contributed by atoms with Crippen molar-refractivity contribution in [2.75, 3.05) is 5.32 Å². The van der Waals surface area contributed by atoms with E-state index in [0.717, 1.165) is 54.0 Å². The third-order valence-electron chi connectivity index (χ3n) is 5.85. The Balaban J connectivity index is 1.47. The van der Waals surface area contributed by atoms with Gasteiger partial charge in [-0.3, -0.25) is 9.59 Å². The van der Waals surface area contributed by atoms with E-state index in [1.54, 1.807) is 18.2 Å². The number of carbonyl (C=O) groups excluding carboxylic acids is 1. The molecule has 7 nitrogen and oxygen atoms in total. The Hall–Kier alpha value is -3.74. The molecule has 2 aromatic carbocycles. The summed E-state index contributed by atoms with van der Waals surface area (Å²) in [6, 6.07) is 14.8. The average Bonchev–Trinajstić information content (AvgIpc) is 3.03. The van der Waals surface area contributed by atoms with E-state index in [4.69, 9.17) is 0 Å².